The number of carbonyl (C=O) groups excluding carboxylic acids is 1. The second kappa shape index (κ2) is 7.85. The highest BCUT2D eigenvalue weighted by Crippen LogP contribution is 2.37. The Morgan fingerprint density at radius 1 is 1.29 bits per heavy atom. The molecule has 0 saturated carbocycles. The fourth-order valence-electron chi connectivity index (χ4n) is 2.80. The van der Waals surface area contributed by atoms with Crippen LogP contribution in [0.5, 0.6) is 11.5 Å². The van der Waals surface area contributed by atoms with Gasteiger partial charge in [-0.3, -0.25) is 9.69 Å². The van der Waals surface area contributed by atoms with Crippen LogP contribution in [-0.2, 0) is 4.79 Å². The predicted octanol–water partition coefficient (Wildman–Crippen LogP) is 2.52. The topological polar surface area (TPSA) is 50.8 Å². The number of ether oxygens (including phenoxy) is 2. The number of methoxy groups -OCH3 is 1. The van der Waals surface area contributed by atoms with E-state index < -0.39 is 24.6 Å². The SMILES string of the molecule is COc1cc([C@@H](CC(F)(F)F)N2CCNCC2)ccc1OC(C)=O. The molecular weight excluding hydrogens is 325 g/mol. The minimum atomic E-state index is -4.28. The highest BCUT2D eigenvalue weighted by atomic mass is 19.4. The molecule has 1 saturated heterocycles. The fourth-order valence-corrected chi connectivity index (χ4v) is 2.80. The summed E-state index contributed by atoms with van der Waals surface area (Å²) in [6, 6.07) is 3.74. The Morgan fingerprint density at radius 3 is 2.50 bits per heavy atom. The number of halogens is 3. The lowest BCUT2D eigenvalue weighted by molar-refractivity contribution is -0.148. The van der Waals surface area contributed by atoms with Crippen molar-refractivity contribution in [2.45, 2.75) is 25.6 Å². The maximum absolute atomic E-state index is 13.0. The van der Waals surface area contributed by atoms with Crippen molar-refractivity contribution in [2.75, 3.05) is 33.3 Å². The molecule has 5 nitrogen and oxygen atoms in total. The molecule has 1 aromatic carbocycles. The van der Waals surface area contributed by atoms with Crippen LogP contribution in [0.1, 0.15) is 24.9 Å². The number of hydrogen-bond donors (Lipinski definition) is 1. The summed E-state index contributed by atoms with van der Waals surface area (Å²) in [4.78, 5) is 12.9. The van der Waals surface area contributed by atoms with Crippen LogP contribution in [0.4, 0.5) is 13.2 Å². The maximum Gasteiger partial charge on any atom is 0.390 e. The van der Waals surface area contributed by atoms with Gasteiger partial charge in [0.05, 0.1) is 13.5 Å². The van der Waals surface area contributed by atoms with Crippen molar-refractivity contribution >= 4 is 5.97 Å². The summed E-state index contributed by atoms with van der Waals surface area (Å²) < 4.78 is 49.3. The average molecular weight is 346 g/mol. The van der Waals surface area contributed by atoms with E-state index in [1.807, 2.05) is 4.90 Å². The molecule has 0 amide bonds. The smallest absolute Gasteiger partial charge is 0.390 e. The summed E-state index contributed by atoms with van der Waals surface area (Å²) in [6.07, 6.45) is -5.22. The van der Waals surface area contributed by atoms with Gasteiger partial charge in [0.15, 0.2) is 11.5 Å². The molecule has 8 heteroatoms. The van der Waals surface area contributed by atoms with Crippen molar-refractivity contribution in [2.24, 2.45) is 0 Å². The molecule has 1 atom stereocenters. The molecule has 0 aliphatic carbocycles. The zero-order valence-electron chi connectivity index (χ0n) is 13.7. The van der Waals surface area contributed by atoms with Gasteiger partial charge in [-0.2, -0.15) is 13.2 Å². The van der Waals surface area contributed by atoms with Crippen LogP contribution < -0.4 is 14.8 Å². The largest absolute Gasteiger partial charge is 0.493 e. The van der Waals surface area contributed by atoms with E-state index in [4.69, 9.17) is 9.47 Å². The van der Waals surface area contributed by atoms with E-state index >= 15 is 0 Å². The lowest BCUT2D eigenvalue weighted by Crippen LogP contribution is -2.46. The summed E-state index contributed by atoms with van der Waals surface area (Å²) in [7, 11) is 1.38. The van der Waals surface area contributed by atoms with Gasteiger partial charge >= 0.3 is 12.1 Å². The van der Waals surface area contributed by atoms with E-state index in [0.29, 0.717) is 31.7 Å². The fraction of sp³-hybridized carbons (Fsp3) is 0.562. The summed E-state index contributed by atoms with van der Waals surface area (Å²) in [5.74, 6) is -0.0835. The van der Waals surface area contributed by atoms with Crippen LogP contribution in [0.3, 0.4) is 0 Å². The lowest BCUT2D eigenvalue weighted by atomic mass is 10.00. The predicted molar refractivity (Wildman–Crippen MR) is 82.2 cm³/mol. The highest BCUT2D eigenvalue weighted by Gasteiger charge is 2.36. The van der Waals surface area contributed by atoms with E-state index in [9.17, 15) is 18.0 Å². The second-order valence-corrected chi connectivity index (χ2v) is 5.63. The summed E-state index contributed by atoms with van der Waals surface area (Å²) in [6.45, 7) is 3.62. The number of rotatable bonds is 5. The molecule has 0 unspecified atom stereocenters. The molecule has 134 valence electrons. The summed E-state index contributed by atoms with van der Waals surface area (Å²) in [5, 5.41) is 3.13. The normalized spacial score (nSPS) is 17.4. The number of carbonyl (C=O) groups is 1. The van der Waals surface area contributed by atoms with E-state index in [2.05, 4.69) is 5.32 Å². The Kier molecular flexibility index (Phi) is 6.06. The highest BCUT2D eigenvalue weighted by molar-refractivity contribution is 5.70. The second-order valence-electron chi connectivity index (χ2n) is 5.63. The molecule has 0 bridgehead atoms. The van der Waals surface area contributed by atoms with Gasteiger partial charge in [0.25, 0.3) is 0 Å². The molecule has 1 heterocycles. The van der Waals surface area contributed by atoms with E-state index in [0.717, 1.165) is 0 Å². The Labute approximate surface area is 138 Å². The molecule has 0 spiro atoms. The Bertz CT molecular complexity index is 572. The molecule has 0 aromatic heterocycles. The van der Waals surface area contributed by atoms with Crippen LogP contribution in [0.2, 0.25) is 0 Å². The molecule has 1 aliphatic rings. The van der Waals surface area contributed by atoms with Gasteiger partial charge in [-0.15, -0.1) is 0 Å². The van der Waals surface area contributed by atoms with Crippen molar-refractivity contribution in [3.8, 4) is 11.5 Å². The zero-order valence-corrected chi connectivity index (χ0v) is 13.7. The van der Waals surface area contributed by atoms with Crippen molar-refractivity contribution in [1.82, 2.24) is 10.2 Å². The first-order chi connectivity index (χ1) is 11.3. The monoisotopic (exact) mass is 346 g/mol. The van der Waals surface area contributed by atoms with E-state index in [1.54, 1.807) is 6.07 Å². The van der Waals surface area contributed by atoms with Crippen LogP contribution in [0, 0.1) is 0 Å². The van der Waals surface area contributed by atoms with Crippen LogP contribution in [0.25, 0.3) is 0 Å². The van der Waals surface area contributed by atoms with Gasteiger partial charge in [0, 0.05) is 39.1 Å². The Balaban J connectivity index is 2.32. The molecule has 1 fully saturated rings. The average Bonchev–Trinajstić information content (AvgIpc) is 2.52. The Hall–Kier alpha value is -1.80. The van der Waals surface area contributed by atoms with Crippen LogP contribution in [0.15, 0.2) is 18.2 Å². The third-order valence-corrected chi connectivity index (χ3v) is 3.84. The van der Waals surface area contributed by atoms with Crippen LogP contribution in [-0.4, -0.2) is 50.3 Å². The third kappa shape index (κ3) is 5.10. The van der Waals surface area contributed by atoms with Gasteiger partial charge in [-0.25, -0.2) is 0 Å². The first-order valence-corrected chi connectivity index (χ1v) is 7.68. The van der Waals surface area contributed by atoms with Crippen molar-refractivity contribution in [3.05, 3.63) is 23.8 Å². The molecule has 24 heavy (non-hydrogen) atoms. The standard InChI is InChI=1S/C16H21F3N2O3/c1-11(22)24-14-4-3-12(9-15(14)23-2)13(10-16(17,18)19)21-7-5-20-6-8-21/h3-4,9,13,20H,5-8,10H2,1-2H3/t13-/m1/s1. The molecule has 2 rings (SSSR count). The van der Waals surface area contributed by atoms with Gasteiger partial charge in [-0.05, 0) is 17.7 Å². The van der Waals surface area contributed by atoms with Gasteiger partial charge < -0.3 is 14.8 Å². The van der Waals surface area contributed by atoms with Gasteiger partial charge in [0.1, 0.15) is 0 Å². The van der Waals surface area contributed by atoms with Crippen LogP contribution >= 0.6 is 0 Å². The quantitative estimate of drug-likeness (QED) is 0.656. The van der Waals surface area contributed by atoms with Gasteiger partial charge in [-0.1, -0.05) is 6.07 Å². The first kappa shape index (κ1) is 18.5. The Morgan fingerprint density at radius 2 is 1.96 bits per heavy atom. The number of piperazine rings is 1. The van der Waals surface area contributed by atoms with Crippen molar-refractivity contribution < 1.29 is 27.4 Å². The third-order valence-electron chi connectivity index (χ3n) is 3.84. The van der Waals surface area contributed by atoms with E-state index in [-0.39, 0.29) is 11.5 Å². The first-order valence-electron chi connectivity index (χ1n) is 7.68. The number of hydrogen-bond acceptors (Lipinski definition) is 5. The number of benzene rings is 1. The number of nitrogens with one attached hydrogen (secondary N) is 1. The maximum atomic E-state index is 13.0. The molecule has 0 radical (unpaired) electrons. The summed E-state index contributed by atoms with van der Waals surface area (Å²) >= 11 is 0. The summed E-state index contributed by atoms with van der Waals surface area (Å²) in [5.41, 5.74) is 0.488. The molecule has 1 aromatic rings. The minimum absolute atomic E-state index is 0.194. The van der Waals surface area contributed by atoms with Gasteiger partial charge in [0.2, 0.25) is 0 Å². The molecular formula is C16H21F3N2O3. The number of alkyl halides is 3. The lowest BCUT2D eigenvalue weighted by Gasteiger charge is -2.35. The van der Waals surface area contributed by atoms with Crippen molar-refractivity contribution in [1.29, 1.82) is 0 Å². The zero-order chi connectivity index (χ0) is 17.7. The number of esters is 1. The molecule has 1 N–H and O–H groups in total. The molecule has 1 aliphatic heterocycles. The minimum Gasteiger partial charge on any atom is -0.493 e. The van der Waals surface area contributed by atoms with Crippen molar-refractivity contribution in [3.63, 3.8) is 0 Å². The van der Waals surface area contributed by atoms with E-state index in [1.165, 1.54) is 26.2 Å². The number of nitrogens with zero attached hydrogens (tertiary/aromatic N) is 1.